The zero-order valence-corrected chi connectivity index (χ0v) is 18.7. The highest BCUT2D eigenvalue weighted by atomic mass is 19.1. The van der Waals surface area contributed by atoms with E-state index in [0.29, 0.717) is 0 Å². The largest absolute Gasteiger partial charge is 0.354 e. The van der Waals surface area contributed by atoms with Crippen LogP contribution in [-0.4, -0.2) is 15.8 Å². The molecule has 4 heteroatoms. The Kier molecular flexibility index (Phi) is 4.80. The summed E-state index contributed by atoms with van der Waals surface area (Å²) >= 11 is 0. The molecule has 6 rings (SSSR count). The molecule has 34 heavy (non-hydrogen) atoms. The Labute approximate surface area is 197 Å². The van der Waals surface area contributed by atoms with Crippen LogP contribution in [0.1, 0.15) is 46.1 Å². The van der Waals surface area contributed by atoms with Gasteiger partial charge in [0.05, 0.1) is 17.8 Å². The molecule has 1 aliphatic rings. The zero-order valence-electron chi connectivity index (χ0n) is 18.7. The van der Waals surface area contributed by atoms with Crippen LogP contribution in [-0.2, 0) is 0 Å². The van der Waals surface area contributed by atoms with E-state index in [1.165, 1.54) is 12.1 Å². The third kappa shape index (κ3) is 3.14. The molecular weight excluding hydrogens is 423 g/mol. The predicted molar refractivity (Wildman–Crippen MR) is 133 cm³/mol. The van der Waals surface area contributed by atoms with Crippen LogP contribution in [0.25, 0.3) is 22.2 Å². The van der Waals surface area contributed by atoms with Gasteiger partial charge in [0.25, 0.3) is 5.91 Å². The van der Waals surface area contributed by atoms with E-state index in [1.807, 2.05) is 65.6 Å². The number of aromatic nitrogens is 1. The van der Waals surface area contributed by atoms with Crippen molar-refractivity contribution in [2.45, 2.75) is 19.0 Å². The van der Waals surface area contributed by atoms with Crippen LogP contribution in [0.3, 0.4) is 0 Å². The Morgan fingerprint density at radius 1 is 0.824 bits per heavy atom. The molecule has 1 N–H and O–H groups in total. The lowest BCUT2D eigenvalue weighted by molar-refractivity contribution is 0.0678. The van der Waals surface area contributed by atoms with Crippen molar-refractivity contribution in [3.63, 3.8) is 0 Å². The molecule has 2 heterocycles. The van der Waals surface area contributed by atoms with Gasteiger partial charge in [-0.05, 0) is 60.0 Å². The van der Waals surface area contributed by atoms with E-state index in [9.17, 15) is 9.18 Å². The predicted octanol–water partition coefficient (Wildman–Crippen LogP) is 7.28. The van der Waals surface area contributed by atoms with Gasteiger partial charge in [0.15, 0.2) is 0 Å². The van der Waals surface area contributed by atoms with Crippen molar-refractivity contribution < 1.29 is 9.18 Å². The molecule has 5 aromatic rings. The van der Waals surface area contributed by atoms with Crippen molar-refractivity contribution in [2.75, 3.05) is 0 Å². The third-order valence-corrected chi connectivity index (χ3v) is 6.85. The number of nitrogens with zero attached hydrogens (tertiary/aromatic N) is 1. The second-order valence-electron chi connectivity index (χ2n) is 8.76. The first-order valence-electron chi connectivity index (χ1n) is 11.5. The molecule has 0 unspecified atom stereocenters. The summed E-state index contributed by atoms with van der Waals surface area (Å²) in [4.78, 5) is 19.4. The molecule has 0 saturated carbocycles. The van der Waals surface area contributed by atoms with Crippen LogP contribution in [0, 0.1) is 5.82 Å². The van der Waals surface area contributed by atoms with Gasteiger partial charge in [0.1, 0.15) is 5.82 Å². The van der Waals surface area contributed by atoms with E-state index in [4.69, 9.17) is 0 Å². The first-order valence-corrected chi connectivity index (χ1v) is 11.5. The number of halogens is 1. The Bertz CT molecular complexity index is 1500. The number of benzene rings is 4. The average Bonchev–Trinajstić information content (AvgIpc) is 3.40. The van der Waals surface area contributed by atoms with Crippen molar-refractivity contribution in [1.29, 1.82) is 0 Å². The van der Waals surface area contributed by atoms with Gasteiger partial charge in [-0.3, -0.25) is 4.79 Å². The molecule has 3 nitrogen and oxygen atoms in total. The summed E-state index contributed by atoms with van der Waals surface area (Å²) in [5.41, 5.74) is 6.60. The van der Waals surface area contributed by atoms with Crippen molar-refractivity contribution in [1.82, 2.24) is 9.88 Å². The number of amides is 1. The highest BCUT2D eigenvalue weighted by molar-refractivity contribution is 6.02. The number of carbonyl (C=O) groups is 1. The number of H-pyrrole nitrogens is 1. The minimum atomic E-state index is -0.282. The Hall–Kier alpha value is -4.18. The Morgan fingerprint density at radius 2 is 1.50 bits per heavy atom. The van der Waals surface area contributed by atoms with Crippen LogP contribution in [0.5, 0.6) is 0 Å². The summed E-state index contributed by atoms with van der Waals surface area (Å²) in [6.07, 6.45) is 0. The van der Waals surface area contributed by atoms with E-state index in [0.717, 1.165) is 44.4 Å². The van der Waals surface area contributed by atoms with Crippen LogP contribution in [0.4, 0.5) is 4.39 Å². The topological polar surface area (TPSA) is 36.1 Å². The van der Waals surface area contributed by atoms with Gasteiger partial charge in [-0.25, -0.2) is 4.39 Å². The third-order valence-electron chi connectivity index (χ3n) is 6.85. The van der Waals surface area contributed by atoms with Crippen molar-refractivity contribution in [3.8, 4) is 11.3 Å². The van der Waals surface area contributed by atoms with E-state index < -0.39 is 0 Å². The van der Waals surface area contributed by atoms with Gasteiger partial charge in [0, 0.05) is 22.0 Å². The van der Waals surface area contributed by atoms with E-state index in [-0.39, 0.29) is 23.8 Å². The SMILES string of the molecule is C[C@H](c1ccccc1)N1C(=O)c2ccccc2[C@@H]1c1c(-c2ccc(F)cc2)[nH]c2ccccc12. The number of hydrogen-bond donors (Lipinski definition) is 1. The number of carbonyl (C=O) groups excluding carboxylic acids is 1. The number of rotatable bonds is 4. The summed E-state index contributed by atoms with van der Waals surface area (Å²) in [5.74, 6) is -0.255. The van der Waals surface area contributed by atoms with Gasteiger partial charge in [-0.2, -0.15) is 0 Å². The highest BCUT2D eigenvalue weighted by Gasteiger charge is 2.42. The van der Waals surface area contributed by atoms with Crippen molar-refractivity contribution in [2.24, 2.45) is 0 Å². The Morgan fingerprint density at radius 3 is 2.29 bits per heavy atom. The fourth-order valence-corrected chi connectivity index (χ4v) is 5.21. The monoisotopic (exact) mass is 446 g/mol. The number of hydrogen-bond acceptors (Lipinski definition) is 1. The number of para-hydroxylation sites is 1. The van der Waals surface area contributed by atoms with Gasteiger partial charge in [0.2, 0.25) is 0 Å². The van der Waals surface area contributed by atoms with Gasteiger partial charge in [-0.15, -0.1) is 0 Å². The van der Waals surface area contributed by atoms with Crippen LogP contribution in [0.2, 0.25) is 0 Å². The van der Waals surface area contributed by atoms with Crippen LogP contribution >= 0.6 is 0 Å². The molecule has 0 fully saturated rings. The molecule has 4 aromatic carbocycles. The fraction of sp³-hybridized carbons (Fsp3) is 0.100. The molecule has 0 radical (unpaired) electrons. The number of fused-ring (bicyclic) bond motifs is 2. The van der Waals surface area contributed by atoms with Crippen molar-refractivity contribution >= 4 is 16.8 Å². The summed E-state index contributed by atoms with van der Waals surface area (Å²) in [6, 6.07) is 32.2. The average molecular weight is 447 g/mol. The first kappa shape index (κ1) is 20.4. The molecule has 1 amide bonds. The molecule has 0 aliphatic carbocycles. The normalized spacial score (nSPS) is 16.1. The van der Waals surface area contributed by atoms with Crippen LogP contribution < -0.4 is 0 Å². The lowest BCUT2D eigenvalue weighted by atomic mass is 9.92. The van der Waals surface area contributed by atoms with E-state index in [2.05, 4.69) is 30.1 Å². The number of nitrogens with one attached hydrogen (secondary N) is 1. The Balaban J connectivity index is 1.62. The van der Waals surface area contributed by atoms with E-state index >= 15 is 0 Å². The maximum Gasteiger partial charge on any atom is 0.255 e. The van der Waals surface area contributed by atoms with Crippen molar-refractivity contribution in [3.05, 3.63) is 131 Å². The molecule has 1 aliphatic heterocycles. The molecule has 2 atom stereocenters. The molecule has 0 bridgehead atoms. The molecule has 0 spiro atoms. The summed E-state index contributed by atoms with van der Waals surface area (Å²) < 4.78 is 13.7. The second kappa shape index (κ2) is 7.99. The fourth-order valence-electron chi connectivity index (χ4n) is 5.21. The lowest BCUT2D eigenvalue weighted by Crippen LogP contribution is -2.31. The second-order valence-corrected chi connectivity index (χ2v) is 8.76. The molecule has 0 saturated heterocycles. The first-order chi connectivity index (χ1) is 16.6. The van der Waals surface area contributed by atoms with Gasteiger partial charge in [-0.1, -0.05) is 66.7 Å². The molecule has 1 aromatic heterocycles. The standard InChI is InChI=1S/C30H23FN2O/c1-19(20-9-3-2-4-10-20)33-29(23-11-5-6-12-24(23)30(33)34)27-25-13-7-8-14-26(25)32-28(27)21-15-17-22(31)18-16-21/h2-19,29,32H,1H3/t19-,29-/m1/s1. The lowest BCUT2D eigenvalue weighted by Gasteiger charge is -2.32. The smallest absolute Gasteiger partial charge is 0.255 e. The minimum Gasteiger partial charge on any atom is -0.354 e. The maximum atomic E-state index is 13.8. The summed E-state index contributed by atoms with van der Waals surface area (Å²) in [5, 5.41) is 1.06. The quantitative estimate of drug-likeness (QED) is 0.309. The van der Waals surface area contributed by atoms with Gasteiger partial charge < -0.3 is 9.88 Å². The molecule has 166 valence electrons. The number of aromatic amines is 1. The summed E-state index contributed by atoms with van der Waals surface area (Å²) in [6.45, 7) is 2.08. The minimum absolute atomic E-state index is 0.0206. The molecular formula is C30H23FN2O. The van der Waals surface area contributed by atoms with E-state index in [1.54, 1.807) is 12.1 Å². The van der Waals surface area contributed by atoms with Gasteiger partial charge >= 0.3 is 0 Å². The zero-order chi connectivity index (χ0) is 23.2. The highest BCUT2D eigenvalue weighted by Crippen LogP contribution is 2.48. The summed E-state index contributed by atoms with van der Waals surface area (Å²) in [7, 11) is 0. The maximum absolute atomic E-state index is 13.8. The van der Waals surface area contributed by atoms with Crippen LogP contribution in [0.15, 0.2) is 103 Å².